The zero-order chi connectivity index (χ0) is 28.9. The van der Waals surface area contributed by atoms with Crippen LogP contribution in [0, 0.1) is 17.8 Å². The molecule has 9 nitrogen and oxygen atoms in total. The number of hydrogen-bond acceptors (Lipinski definition) is 8. The molecule has 3 N–H and O–H groups in total. The molecule has 4 bridgehead atoms. The van der Waals surface area contributed by atoms with Crippen LogP contribution in [0.2, 0.25) is 0 Å². The van der Waals surface area contributed by atoms with Gasteiger partial charge >= 0.3 is 0 Å². The fourth-order valence-electron chi connectivity index (χ4n) is 6.57. The number of hydrogen-bond donors (Lipinski definition) is 3. The van der Waals surface area contributed by atoms with Crippen LogP contribution in [0.1, 0.15) is 83.3 Å². The Bertz CT molecular complexity index is 1360. The molecule has 0 aliphatic carbocycles. The summed E-state index contributed by atoms with van der Waals surface area (Å²) in [5.74, 6) is 1.62. The van der Waals surface area contributed by atoms with E-state index in [1.54, 1.807) is 12.1 Å². The van der Waals surface area contributed by atoms with Crippen molar-refractivity contribution in [2.45, 2.75) is 89.2 Å². The number of nitrogens with zero attached hydrogens (tertiary/aromatic N) is 3. The zero-order valence-electron chi connectivity index (χ0n) is 24.6. The summed E-state index contributed by atoms with van der Waals surface area (Å²) in [5, 5.41) is 6.90. The molecule has 1 unspecified atom stereocenters. The number of anilines is 2. The van der Waals surface area contributed by atoms with Gasteiger partial charge in [0.2, 0.25) is 0 Å². The van der Waals surface area contributed by atoms with Crippen LogP contribution in [-0.2, 0) is 15.4 Å². The molecule has 0 aromatic carbocycles. The largest absolute Gasteiger partial charge is 0.367 e. The van der Waals surface area contributed by atoms with E-state index in [4.69, 9.17) is 4.98 Å². The molecule has 2 aromatic heterocycles. The summed E-state index contributed by atoms with van der Waals surface area (Å²) in [6.07, 6.45) is 4.04. The molecule has 0 spiro atoms. The third kappa shape index (κ3) is 5.84. The minimum atomic E-state index is -4.21. The number of sulfonamides is 1. The van der Waals surface area contributed by atoms with Gasteiger partial charge in [-0.2, -0.15) is 8.42 Å². The van der Waals surface area contributed by atoms with E-state index in [9.17, 15) is 13.2 Å². The molecule has 218 valence electrons. The van der Waals surface area contributed by atoms with Crippen LogP contribution >= 0.6 is 0 Å². The number of nitrogens with one attached hydrogen (secondary N) is 3. The van der Waals surface area contributed by atoms with Gasteiger partial charge in [0.25, 0.3) is 15.9 Å². The van der Waals surface area contributed by atoms with Crippen molar-refractivity contribution in [1.29, 1.82) is 0 Å². The quantitative estimate of drug-likeness (QED) is 0.466. The first kappa shape index (κ1) is 28.8. The smallest absolute Gasteiger partial charge is 0.281 e. The molecule has 0 radical (unpaired) electrons. The Labute approximate surface area is 239 Å². The van der Waals surface area contributed by atoms with E-state index in [1.165, 1.54) is 6.07 Å². The Morgan fingerprint density at radius 1 is 1.02 bits per heavy atom. The Morgan fingerprint density at radius 2 is 1.75 bits per heavy atom. The summed E-state index contributed by atoms with van der Waals surface area (Å²) < 4.78 is 29.1. The third-order valence-electron chi connectivity index (χ3n) is 9.00. The summed E-state index contributed by atoms with van der Waals surface area (Å²) >= 11 is 0. The van der Waals surface area contributed by atoms with E-state index >= 15 is 0 Å². The standard InChI is InChI=1S/C30H44N6O3S/c1-19-16-23(20-12-14-31-15-13-20)32-25-8-7-9-26(34-25)40(38,39)35-28(37)22-10-11-24(29(2,3)4)33-27(22)36-18-21(19)17-30(36,5)6/h7-11,19-21,23,31H,12-18H2,1-6H3,(H,32,34)(H,35,37)/t19-,21-,23?/m0/s1. The SMILES string of the molecule is C[C@H]1CC(C2CCNCC2)Nc2cccc(n2)S(=O)(=O)NC(=O)c2ccc(C(C)(C)C)nc2N2C[C@@H]1CC2(C)C. The van der Waals surface area contributed by atoms with Crippen LogP contribution in [0.25, 0.3) is 0 Å². The average Bonchev–Trinajstić information content (AvgIpc) is 3.22. The van der Waals surface area contributed by atoms with Crippen molar-refractivity contribution in [2.75, 3.05) is 29.9 Å². The molecule has 10 heteroatoms. The lowest BCUT2D eigenvalue weighted by Crippen LogP contribution is -2.41. The number of amides is 1. The van der Waals surface area contributed by atoms with Crippen molar-refractivity contribution < 1.29 is 13.2 Å². The van der Waals surface area contributed by atoms with Crippen molar-refractivity contribution >= 4 is 27.6 Å². The van der Waals surface area contributed by atoms with Gasteiger partial charge in [-0.25, -0.2) is 14.7 Å². The van der Waals surface area contributed by atoms with Gasteiger partial charge in [0, 0.05) is 29.2 Å². The Kier molecular flexibility index (Phi) is 7.63. The van der Waals surface area contributed by atoms with Crippen LogP contribution in [0.5, 0.6) is 0 Å². The third-order valence-corrected chi connectivity index (χ3v) is 10.2. The topological polar surface area (TPSA) is 116 Å². The Morgan fingerprint density at radius 3 is 2.45 bits per heavy atom. The molecule has 1 amide bonds. The highest BCUT2D eigenvalue weighted by Gasteiger charge is 2.44. The molecule has 40 heavy (non-hydrogen) atoms. The first-order valence-electron chi connectivity index (χ1n) is 14.6. The summed E-state index contributed by atoms with van der Waals surface area (Å²) in [6.45, 7) is 15.7. The van der Waals surface area contributed by atoms with Gasteiger partial charge in [0.15, 0.2) is 5.03 Å². The van der Waals surface area contributed by atoms with Gasteiger partial charge in [-0.3, -0.25) is 4.79 Å². The maximum Gasteiger partial charge on any atom is 0.281 e. The van der Waals surface area contributed by atoms with E-state index in [-0.39, 0.29) is 27.6 Å². The number of aromatic nitrogens is 2. The van der Waals surface area contributed by atoms with Crippen molar-refractivity contribution in [3.05, 3.63) is 41.6 Å². The number of piperidine rings is 1. The lowest BCUT2D eigenvalue weighted by molar-refractivity contribution is 0.0981. The molecule has 2 saturated heterocycles. The minimum absolute atomic E-state index is 0.164. The predicted octanol–water partition coefficient (Wildman–Crippen LogP) is 4.32. The molecule has 3 atom stereocenters. The summed E-state index contributed by atoms with van der Waals surface area (Å²) in [7, 11) is -4.21. The van der Waals surface area contributed by atoms with E-state index in [0.29, 0.717) is 29.4 Å². The van der Waals surface area contributed by atoms with E-state index in [1.807, 2.05) is 12.1 Å². The number of rotatable bonds is 1. The van der Waals surface area contributed by atoms with Gasteiger partial charge < -0.3 is 15.5 Å². The molecule has 3 aliphatic rings. The number of pyridine rings is 2. The van der Waals surface area contributed by atoms with E-state index < -0.39 is 15.9 Å². The molecule has 3 aliphatic heterocycles. The summed E-state index contributed by atoms with van der Waals surface area (Å²) in [4.78, 5) is 25.3. The second-order valence-electron chi connectivity index (χ2n) is 13.6. The lowest BCUT2D eigenvalue weighted by Gasteiger charge is -2.35. The summed E-state index contributed by atoms with van der Waals surface area (Å²) in [6, 6.07) is 8.63. The summed E-state index contributed by atoms with van der Waals surface area (Å²) in [5.41, 5.74) is 0.631. The number of carbonyl (C=O) groups is 1. The minimum Gasteiger partial charge on any atom is -0.367 e. The maximum absolute atomic E-state index is 13.6. The highest BCUT2D eigenvalue weighted by atomic mass is 32.2. The van der Waals surface area contributed by atoms with Crippen molar-refractivity contribution in [2.24, 2.45) is 17.8 Å². The molecule has 0 saturated carbocycles. The normalized spacial score (nSPS) is 27.1. The van der Waals surface area contributed by atoms with Gasteiger partial charge in [-0.1, -0.05) is 33.8 Å². The molecule has 2 aromatic rings. The van der Waals surface area contributed by atoms with Crippen LogP contribution in [-0.4, -0.2) is 55.5 Å². The predicted molar refractivity (Wildman–Crippen MR) is 158 cm³/mol. The lowest BCUT2D eigenvalue weighted by atomic mass is 9.79. The highest BCUT2D eigenvalue weighted by Crippen LogP contribution is 2.43. The zero-order valence-corrected chi connectivity index (χ0v) is 25.4. The average molecular weight is 569 g/mol. The first-order chi connectivity index (χ1) is 18.7. The van der Waals surface area contributed by atoms with Crippen molar-refractivity contribution in [3.63, 3.8) is 0 Å². The van der Waals surface area contributed by atoms with Gasteiger partial charge in [-0.15, -0.1) is 0 Å². The number of carbonyl (C=O) groups excluding carboxylic acids is 1. The number of fused-ring (bicyclic) bond motifs is 6. The second-order valence-corrected chi connectivity index (χ2v) is 15.2. The van der Waals surface area contributed by atoms with Crippen molar-refractivity contribution in [1.82, 2.24) is 20.0 Å². The van der Waals surface area contributed by atoms with E-state index in [0.717, 1.165) is 51.0 Å². The molecular weight excluding hydrogens is 524 g/mol. The molecule has 5 heterocycles. The second kappa shape index (κ2) is 10.6. The van der Waals surface area contributed by atoms with Crippen molar-refractivity contribution in [3.8, 4) is 0 Å². The first-order valence-corrected chi connectivity index (χ1v) is 16.0. The van der Waals surface area contributed by atoms with Gasteiger partial charge in [0.1, 0.15) is 11.6 Å². The maximum atomic E-state index is 13.6. The Balaban J connectivity index is 1.62. The Hall–Kier alpha value is -2.72. The van der Waals surface area contributed by atoms with Crippen LogP contribution in [0.15, 0.2) is 35.4 Å². The fraction of sp³-hybridized carbons (Fsp3) is 0.633. The van der Waals surface area contributed by atoms with Gasteiger partial charge in [0.05, 0.1) is 5.56 Å². The monoisotopic (exact) mass is 568 g/mol. The molecule has 2 fully saturated rings. The van der Waals surface area contributed by atoms with Gasteiger partial charge in [-0.05, 0) is 94.6 Å². The van der Waals surface area contributed by atoms with Crippen LogP contribution < -0.4 is 20.3 Å². The molecule has 5 rings (SSSR count). The fourth-order valence-corrected chi connectivity index (χ4v) is 7.51. The van der Waals surface area contributed by atoms with Crippen LogP contribution in [0.3, 0.4) is 0 Å². The van der Waals surface area contributed by atoms with Crippen LogP contribution in [0.4, 0.5) is 11.6 Å². The highest BCUT2D eigenvalue weighted by molar-refractivity contribution is 7.90. The molecular formula is C30H44N6O3S. The van der Waals surface area contributed by atoms with E-state index in [2.05, 4.69) is 66.8 Å².